The lowest BCUT2D eigenvalue weighted by atomic mass is 10.2. The number of halogens is 1. The van der Waals surface area contributed by atoms with Gasteiger partial charge < -0.3 is 15.7 Å². The van der Waals surface area contributed by atoms with Gasteiger partial charge in [0, 0.05) is 6.42 Å². The molecule has 0 aliphatic rings. The van der Waals surface area contributed by atoms with E-state index in [0.29, 0.717) is 23.8 Å². The van der Waals surface area contributed by atoms with Crippen molar-refractivity contribution in [2.75, 3.05) is 6.61 Å². The fourth-order valence-corrected chi connectivity index (χ4v) is 1.33. The molecule has 0 unspecified atom stereocenters. The Morgan fingerprint density at radius 1 is 1.60 bits per heavy atom. The third kappa shape index (κ3) is 3.67. The maximum atomic E-state index is 8.30. The smallest absolute Gasteiger partial charge is 0.142 e. The van der Waals surface area contributed by atoms with Crippen LogP contribution >= 0.6 is 11.6 Å². The molecule has 0 saturated heterocycles. The number of hydrogen-bond donors (Lipinski definition) is 2. The molecule has 0 radical (unpaired) electrons. The Bertz CT molecular complexity index is 366. The fourth-order valence-electron chi connectivity index (χ4n) is 1.04. The summed E-state index contributed by atoms with van der Waals surface area (Å²) < 4.78 is 5.36. The minimum atomic E-state index is 0.137. The van der Waals surface area contributed by atoms with Gasteiger partial charge in [-0.15, -0.1) is 0 Å². The van der Waals surface area contributed by atoms with E-state index in [9.17, 15) is 0 Å². The van der Waals surface area contributed by atoms with Gasteiger partial charge in [0.2, 0.25) is 0 Å². The van der Waals surface area contributed by atoms with Crippen LogP contribution in [0.1, 0.15) is 12.0 Å². The second-order valence-electron chi connectivity index (χ2n) is 3.12. The Hall–Kier alpha value is -1.42. The molecule has 0 bridgehead atoms. The van der Waals surface area contributed by atoms with Gasteiger partial charge in [0.15, 0.2) is 0 Å². The molecule has 82 valence electrons. The zero-order chi connectivity index (χ0) is 11.3. The number of nitrogens with zero attached hydrogens (tertiary/aromatic N) is 1. The van der Waals surface area contributed by atoms with Crippen molar-refractivity contribution in [1.82, 2.24) is 0 Å². The fraction of sp³-hybridized carbons (Fsp3) is 0.300. The first-order valence-electron chi connectivity index (χ1n) is 4.49. The van der Waals surface area contributed by atoms with Gasteiger partial charge in [0.05, 0.1) is 11.6 Å². The number of oxime groups is 1. The van der Waals surface area contributed by atoms with Gasteiger partial charge in [-0.3, -0.25) is 0 Å². The number of rotatable bonds is 4. The lowest BCUT2D eigenvalue weighted by Crippen LogP contribution is -2.15. The minimum Gasteiger partial charge on any atom is -0.492 e. The van der Waals surface area contributed by atoms with Crippen LogP contribution in [0.2, 0.25) is 5.02 Å². The third-order valence-corrected chi connectivity index (χ3v) is 2.13. The molecular formula is C10H13ClN2O2. The molecule has 0 saturated carbocycles. The Morgan fingerprint density at radius 2 is 2.33 bits per heavy atom. The number of benzene rings is 1. The van der Waals surface area contributed by atoms with Crippen molar-refractivity contribution >= 4 is 17.4 Å². The van der Waals surface area contributed by atoms with Crippen molar-refractivity contribution in [2.45, 2.75) is 13.3 Å². The van der Waals surface area contributed by atoms with Crippen LogP contribution in [0.15, 0.2) is 23.4 Å². The van der Waals surface area contributed by atoms with Gasteiger partial charge in [-0.05, 0) is 24.6 Å². The second-order valence-corrected chi connectivity index (χ2v) is 3.53. The second kappa shape index (κ2) is 5.46. The van der Waals surface area contributed by atoms with Crippen LogP contribution in [0.3, 0.4) is 0 Å². The molecule has 0 aliphatic heterocycles. The van der Waals surface area contributed by atoms with E-state index in [1.807, 2.05) is 19.1 Å². The largest absolute Gasteiger partial charge is 0.492 e. The van der Waals surface area contributed by atoms with Crippen molar-refractivity contribution in [3.05, 3.63) is 28.8 Å². The standard InChI is InChI=1S/C10H13ClN2O2/c1-7-2-3-9(8(11)6-7)15-5-4-10(12)13-14/h2-3,6,14H,4-5H2,1H3,(H2,12,13). The Balaban J connectivity index is 2.51. The average molecular weight is 229 g/mol. The van der Waals surface area contributed by atoms with E-state index in [4.69, 9.17) is 27.3 Å². The topological polar surface area (TPSA) is 67.8 Å². The van der Waals surface area contributed by atoms with Crippen LogP contribution in [-0.2, 0) is 0 Å². The first-order valence-corrected chi connectivity index (χ1v) is 4.86. The van der Waals surface area contributed by atoms with Gasteiger partial charge in [-0.1, -0.05) is 22.8 Å². The highest BCUT2D eigenvalue weighted by molar-refractivity contribution is 6.32. The predicted octanol–water partition coefficient (Wildman–Crippen LogP) is 2.16. The highest BCUT2D eigenvalue weighted by Crippen LogP contribution is 2.25. The number of ether oxygens (including phenoxy) is 1. The SMILES string of the molecule is Cc1ccc(OCCC(N)=NO)c(Cl)c1. The van der Waals surface area contributed by atoms with E-state index >= 15 is 0 Å². The summed E-state index contributed by atoms with van der Waals surface area (Å²) in [5.41, 5.74) is 6.36. The molecule has 0 spiro atoms. The highest BCUT2D eigenvalue weighted by Gasteiger charge is 2.01. The molecule has 4 nitrogen and oxygen atoms in total. The van der Waals surface area contributed by atoms with Crippen molar-refractivity contribution < 1.29 is 9.94 Å². The summed E-state index contributed by atoms with van der Waals surface area (Å²) in [6.07, 6.45) is 0.362. The molecule has 0 amide bonds. The molecule has 0 aliphatic carbocycles. The number of aryl methyl sites for hydroxylation is 1. The minimum absolute atomic E-state index is 0.137. The first kappa shape index (κ1) is 11.7. The van der Waals surface area contributed by atoms with E-state index in [1.165, 1.54) is 0 Å². The van der Waals surface area contributed by atoms with Crippen LogP contribution in [0.5, 0.6) is 5.75 Å². The van der Waals surface area contributed by atoms with Crippen molar-refractivity contribution in [2.24, 2.45) is 10.9 Å². The van der Waals surface area contributed by atoms with Gasteiger partial charge in [-0.25, -0.2) is 0 Å². The molecule has 0 heterocycles. The molecular weight excluding hydrogens is 216 g/mol. The van der Waals surface area contributed by atoms with Crippen LogP contribution in [0.4, 0.5) is 0 Å². The van der Waals surface area contributed by atoms with Gasteiger partial charge in [0.25, 0.3) is 0 Å². The lowest BCUT2D eigenvalue weighted by Gasteiger charge is -2.07. The summed E-state index contributed by atoms with van der Waals surface area (Å²) in [4.78, 5) is 0. The average Bonchev–Trinajstić information content (AvgIpc) is 2.21. The predicted molar refractivity (Wildman–Crippen MR) is 59.7 cm³/mol. The summed E-state index contributed by atoms with van der Waals surface area (Å²) in [7, 11) is 0. The Kier molecular flexibility index (Phi) is 4.24. The Labute approximate surface area is 93.3 Å². The number of nitrogens with two attached hydrogens (primary N) is 1. The van der Waals surface area contributed by atoms with Crippen LogP contribution < -0.4 is 10.5 Å². The van der Waals surface area contributed by atoms with E-state index < -0.39 is 0 Å². The highest BCUT2D eigenvalue weighted by atomic mass is 35.5. The van der Waals surface area contributed by atoms with Crippen LogP contribution in [-0.4, -0.2) is 17.6 Å². The van der Waals surface area contributed by atoms with E-state index in [-0.39, 0.29) is 5.84 Å². The summed E-state index contributed by atoms with van der Waals surface area (Å²) in [5.74, 6) is 0.742. The third-order valence-electron chi connectivity index (χ3n) is 1.83. The quantitative estimate of drug-likeness (QED) is 0.359. The molecule has 1 rings (SSSR count). The van der Waals surface area contributed by atoms with E-state index in [2.05, 4.69) is 5.16 Å². The van der Waals surface area contributed by atoms with Crippen molar-refractivity contribution in [1.29, 1.82) is 0 Å². The molecule has 5 heteroatoms. The van der Waals surface area contributed by atoms with Crippen molar-refractivity contribution in [3.63, 3.8) is 0 Å². The van der Waals surface area contributed by atoms with Crippen LogP contribution in [0.25, 0.3) is 0 Å². The molecule has 3 N–H and O–H groups in total. The normalized spacial score (nSPS) is 11.5. The number of hydrogen-bond acceptors (Lipinski definition) is 3. The maximum Gasteiger partial charge on any atom is 0.142 e. The van der Waals surface area contributed by atoms with Gasteiger partial charge in [-0.2, -0.15) is 0 Å². The molecule has 0 fully saturated rings. The first-order chi connectivity index (χ1) is 7.13. The lowest BCUT2D eigenvalue weighted by molar-refractivity contribution is 0.305. The zero-order valence-electron chi connectivity index (χ0n) is 8.40. The van der Waals surface area contributed by atoms with Crippen LogP contribution in [0, 0.1) is 6.92 Å². The van der Waals surface area contributed by atoms with Crippen molar-refractivity contribution in [3.8, 4) is 5.75 Å². The van der Waals surface area contributed by atoms with Gasteiger partial charge in [0.1, 0.15) is 11.6 Å². The number of amidine groups is 1. The zero-order valence-corrected chi connectivity index (χ0v) is 9.16. The summed E-state index contributed by atoms with van der Waals surface area (Å²) >= 11 is 5.94. The summed E-state index contributed by atoms with van der Waals surface area (Å²) in [6, 6.07) is 5.52. The summed E-state index contributed by atoms with van der Waals surface area (Å²) in [6.45, 7) is 2.28. The van der Waals surface area contributed by atoms with E-state index in [1.54, 1.807) is 6.07 Å². The van der Waals surface area contributed by atoms with E-state index in [0.717, 1.165) is 5.56 Å². The van der Waals surface area contributed by atoms with Gasteiger partial charge >= 0.3 is 0 Å². The summed E-state index contributed by atoms with van der Waals surface area (Å²) in [5, 5.41) is 11.7. The molecule has 0 aromatic heterocycles. The maximum absolute atomic E-state index is 8.30. The monoisotopic (exact) mass is 228 g/mol. The Morgan fingerprint density at radius 3 is 2.93 bits per heavy atom. The molecule has 0 atom stereocenters. The molecule has 1 aromatic carbocycles. The molecule has 1 aromatic rings. The molecule has 15 heavy (non-hydrogen) atoms.